The largest absolute Gasteiger partial charge is 0.465 e. The minimum Gasteiger partial charge on any atom is -0.465 e. The van der Waals surface area contributed by atoms with E-state index in [9.17, 15) is 14.4 Å². The zero-order valence-corrected chi connectivity index (χ0v) is 18.6. The Labute approximate surface area is 196 Å². The van der Waals surface area contributed by atoms with Gasteiger partial charge in [0.2, 0.25) is 5.91 Å². The number of carbonyl (C=O) groups is 3. The van der Waals surface area contributed by atoms with Crippen molar-refractivity contribution in [3.63, 3.8) is 0 Å². The maximum Gasteiger partial charge on any atom is 0.337 e. The van der Waals surface area contributed by atoms with Crippen LogP contribution < -0.4 is 16.4 Å². The summed E-state index contributed by atoms with van der Waals surface area (Å²) in [6.45, 7) is 0.755. The molecule has 0 saturated heterocycles. The van der Waals surface area contributed by atoms with Gasteiger partial charge in [0.1, 0.15) is 5.92 Å². The number of benzene rings is 3. The predicted octanol–water partition coefficient (Wildman–Crippen LogP) is 3.02. The van der Waals surface area contributed by atoms with Gasteiger partial charge in [0.25, 0.3) is 5.91 Å². The third kappa shape index (κ3) is 4.72. The van der Waals surface area contributed by atoms with Crippen LogP contribution in [0.25, 0.3) is 0 Å². The number of fused-ring (bicyclic) bond motifs is 1. The third-order valence-electron chi connectivity index (χ3n) is 5.46. The summed E-state index contributed by atoms with van der Waals surface area (Å²) in [5.41, 5.74) is 9.50. The molecule has 2 amide bonds. The van der Waals surface area contributed by atoms with Crippen molar-refractivity contribution in [2.24, 2.45) is 10.7 Å². The number of esters is 1. The number of amides is 2. The summed E-state index contributed by atoms with van der Waals surface area (Å²) in [6.07, 6.45) is 0. The van der Waals surface area contributed by atoms with Crippen molar-refractivity contribution in [1.29, 1.82) is 0 Å². The molecule has 1 heterocycles. The molecule has 1 aliphatic heterocycles. The lowest BCUT2D eigenvalue weighted by molar-refractivity contribution is -0.115. The van der Waals surface area contributed by atoms with Gasteiger partial charge in [-0.3, -0.25) is 14.6 Å². The van der Waals surface area contributed by atoms with Gasteiger partial charge in [-0.15, -0.1) is 0 Å². The van der Waals surface area contributed by atoms with Gasteiger partial charge in [-0.05, 0) is 47.5 Å². The molecule has 3 aromatic carbocycles. The fraction of sp³-hybridized carbons (Fsp3) is 0.154. The van der Waals surface area contributed by atoms with Crippen molar-refractivity contribution < 1.29 is 19.1 Å². The number of nitrogens with zero attached hydrogens (tertiary/aromatic N) is 1. The highest BCUT2D eigenvalue weighted by molar-refractivity contribution is 6.24. The van der Waals surface area contributed by atoms with E-state index in [4.69, 9.17) is 15.5 Å². The molecule has 0 spiro atoms. The van der Waals surface area contributed by atoms with Gasteiger partial charge >= 0.3 is 5.97 Å². The molecule has 0 fully saturated rings. The van der Waals surface area contributed by atoms with Crippen molar-refractivity contribution in [3.05, 3.63) is 95.1 Å². The number of aliphatic imine (C=N–C) groups is 1. The predicted molar refractivity (Wildman–Crippen MR) is 130 cm³/mol. The Kier molecular flexibility index (Phi) is 6.79. The Bertz CT molecular complexity index is 1250. The van der Waals surface area contributed by atoms with Crippen molar-refractivity contribution >= 4 is 34.9 Å². The van der Waals surface area contributed by atoms with Gasteiger partial charge in [-0.2, -0.15) is 0 Å². The summed E-state index contributed by atoms with van der Waals surface area (Å²) >= 11 is 0. The van der Waals surface area contributed by atoms with Crippen LogP contribution in [-0.2, 0) is 9.53 Å². The molecule has 0 saturated carbocycles. The van der Waals surface area contributed by atoms with Crippen LogP contribution in [0.5, 0.6) is 0 Å². The quantitative estimate of drug-likeness (QED) is 0.373. The number of nitrogens with one attached hydrogen (secondary N) is 2. The Hall–Kier alpha value is -4.30. The fourth-order valence-corrected chi connectivity index (χ4v) is 3.80. The minimum absolute atomic E-state index is 0.213. The van der Waals surface area contributed by atoms with Crippen LogP contribution in [0, 0.1) is 0 Å². The molecule has 4 rings (SSSR count). The lowest BCUT2D eigenvalue weighted by Gasteiger charge is -2.14. The van der Waals surface area contributed by atoms with Crippen LogP contribution in [0.1, 0.15) is 37.8 Å². The Morgan fingerprint density at radius 1 is 1.00 bits per heavy atom. The van der Waals surface area contributed by atoms with E-state index in [0.717, 1.165) is 11.1 Å². The first-order valence-corrected chi connectivity index (χ1v) is 10.8. The summed E-state index contributed by atoms with van der Waals surface area (Å²) in [6, 6.07) is 21.2. The molecule has 4 N–H and O–H groups in total. The highest BCUT2D eigenvalue weighted by Crippen LogP contribution is 2.37. The molecule has 1 unspecified atom stereocenters. The van der Waals surface area contributed by atoms with E-state index in [1.807, 2.05) is 30.3 Å². The molecular weight excluding hydrogens is 432 g/mol. The minimum atomic E-state index is -0.670. The third-order valence-corrected chi connectivity index (χ3v) is 5.46. The number of carbonyl (C=O) groups excluding carboxylic acids is 3. The maximum absolute atomic E-state index is 13.1. The van der Waals surface area contributed by atoms with Crippen LogP contribution in [0.3, 0.4) is 0 Å². The van der Waals surface area contributed by atoms with E-state index in [2.05, 4.69) is 10.6 Å². The SMILES string of the molecule is COC(=O)c1ccc2c(c1)NC(=O)C2C(=Nc1ccc(C(=O)NCCN)cc1)c1ccccc1. The molecule has 0 bridgehead atoms. The van der Waals surface area contributed by atoms with Gasteiger partial charge in [0.05, 0.1) is 24.1 Å². The Balaban J connectivity index is 1.73. The van der Waals surface area contributed by atoms with E-state index in [1.54, 1.807) is 42.5 Å². The van der Waals surface area contributed by atoms with Gasteiger partial charge in [0, 0.05) is 24.3 Å². The first-order valence-electron chi connectivity index (χ1n) is 10.8. The van der Waals surface area contributed by atoms with Crippen LogP contribution in [0.4, 0.5) is 11.4 Å². The normalized spacial score (nSPS) is 14.8. The van der Waals surface area contributed by atoms with E-state index in [1.165, 1.54) is 7.11 Å². The van der Waals surface area contributed by atoms with Crippen molar-refractivity contribution in [1.82, 2.24) is 5.32 Å². The molecule has 0 aliphatic carbocycles. The molecule has 172 valence electrons. The van der Waals surface area contributed by atoms with Crippen LogP contribution in [0.15, 0.2) is 77.8 Å². The number of rotatable bonds is 7. The summed E-state index contributed by atoms with van der Waals surface area (Å²) in [7, 11) is 1.31. The smallest absolute Gasteiger partial charge is 0.337 e. The molecule has 1 aliphatic rings. The highest BCUT2D eigenvalue weighted by Gasteiger charge is 2.36. The van der Waals surface area contributed by atoms with E-state index >= 15 is 0 Å². The number of hydrogen-bond acceptors (Lipinski definition) is 6. The van der Waals surface area contributed by atoms with Gasteiger partial charge < -0.3 is 21.1 Å². The molecule has 0 radical (unpaired) electrons. The molecule has 3 aromatic rings. The highest BCUT2D eigenvalue weighted by atomic mass is 16.5. The number of methoxy groups -OCH3 is 1. The monoisotopic (exact) mass is 456 g/mol. The second-order valence-corrected chi connectivity index (χ2v) is 7.67. The number of nitrogens with two attached hydrogens (primary N) is 1. The Morgan fingerprint density at radius 2 is 1.71 bits per heavy atom. The summed E-state index contributed by atoms with van der Waals surface area (Å²) in [5.74, 6) is -1.60. The van der Waals surface area contributed by atoms with E-state index in [0.29, 0.717) is 41.3 Å². The lowest BCUT2D eigenvalue weighted by atomic mass is 9.90. The molecular formula is C26H24N4O4. The van der Waals surface area contributed by atoms with Crippen molar-refractivity contribution in [3.8, 4) is 0 Å². The average Bonchev–Trinajstić information content (AvgIpc) is 3.20. The van der Waals surface area contributed by atoms with E-state index < -0.39 is 11.9 Å². The van der Waals surface area contributed by atoms with Crippen molar-refractivity contribution in [2.45, 2.75) is 5.92 Å². The summed E-state index contributed by atoms with van der Waals surface area (Å²) in [4.78, 5) is 41.9. The van der Waals surface area contributed by atoms with Crippen LogP contribution in [-0.4, -0.2) is 43.7 Å². The second-order valence-electron chi connectivity index (χ2n) is 7.67. The fourth-order valence-electron chi connectivity index (χ4n) is 3.80. The number of anilines is 1. The van der Waals surface area contributed by atoms with Crippen LogP contribution in [0.2, 0.25) is 0 Å². The molecule has 34 heavy (non-hydrogen) atoms. The summed E-state index contributed by atoms with van der Waals surface area (Å²) in [5, 5.41) is 5.58. The number of ether oxygens (including phenoxy) is 1. The molecule has 8 heteroatoms. The molecule has 1 atom stereocenters. The van der Waals surface area contributed by atoms with Gasteiger partial charge in [-0.1, -0.05) is 36.4 Å². The Morgan fingerprint density at radius 3 is 2.38 bits per heavy atom. The van der Waals surface area contributed by atoms with Crippen LogP contribution >= 0.6 is 0 Å². The zero-order chi connectivity index (χ0) is 24.1. The number of hydrogen-bond donors (Lipinski definition) is 3. The first kappa shape index (κ1) is 22.9. The lowest BCUT2D eigenvalue weighted by Crippen LogP contribution is -2.28. The van der Waals surface area contributed by atoms with Gasteiger partial charge in [0.15, 0.2) is 0 Å². The second kappa shape index (κ2) is 10.1. The maximum atomic E-state index is 13.1. The summed E-state index contributed by atoms with van der Waals surface area (Å²) < 4.78 is 4.78. The van der Waals surface area contributed by atoms with Crippen molar-refractivity contribution in [2.75, 3.05) is 25.5 Å². The zero-order valence-electron chi connectivity index (χ0n) is 18.6. The molecule has 8 nitrogen and oxygen atoms in total. The standard InChI is InChI=1S/C26H24N4O4/c1-34-26(33)18-9-12-20-21(15-18)30-25(32)22(20)23(16-5-3-2-4-6-16)29-19-10-7-17(8-11-19)24(31)28-14-13-27/h2-12,15,22H,13-14,27H2,1H3,(H,28,31)(H,30,32). The average molecular weight is 457 g/mol. The first-order chi connectivity index (χ1) is 16.5. The topological polar surface area (TPSA) is 123 Å². The van der Waals surface area contributed by atoms with Gasteiger partial charge in [-0.25, -0.2) is 4.79 Å². The van der Waals surface area contributed by atoms with E-state index in [-0.39, 0.29) is 11.8 Å². The molecule has 0 aromatic heterocycles.